The molecule has 0 radical (unpaired) electrons. The molecule has 0 amide bonds. The SMILES string of the molecule is O=CC1N=NC(C=O)S1. The second-order valence-corrected chi connectivity index (χ2v) is 2.66. The Hall–Kier alpha value is -0.710. The summed E-state index contributed by atoms with van der Waals surface area (Å²) < 4.78 is 0. The highest BCUT2D eigenvalue weighted by Gasteiger charge is 2.20. The summed E-state index contributed by atoms with van der Waals surface area (Å²) in [5, 5.41) is 6.07. The number of aldehydes is 2. The van der Waals surface area contributed by atoms with E-state index in [0.717, 1.165) is 11.8 Å². The molecule has 1 rings (SSSR count). The van der Waals surface area contributed by atoms with E-state index in [2.05, 4.69) is 10.2 Å². The van der Waals surface area contributed by atoms with E-state index in [-0.39, 0.29) is 0 Å². The highest BCUT2D eigenvalue weighted by Crippen LogP contribution is 2.24. The van der Waals surface area contributed by atoms with Crippen LogP contribution < -0.4 is 0 Å². The predicted molar refractivity (Wildman–Crippen MR) is 32.2 cm³/mol. The largest absolute Gasteiger partial charge is 0.300 e. The van der Waals surface area contributed by atoms with Gasteiger partial charge in [0.2, 0.25) is 0 Å². The Morgan fingerprint density at radius 2 is 1.56 bits per heavy atom. The van der Waals surface area contributed by atoms with Gasteiger partial charge in [-0.3, -0.25) is 9.59 Å². The molecule has 1 aliphatic rings. The van der Waals surface area contributed by atoms with Crippen LogP contribution in [-0.4, -0.2) is 23.3 Å². The van der Waals surface area contributed by atoms with Gasteiger partial charge in [0, 0.05) is 0 Å². The maximum absolute atomic E-state index is 9.98. The fraction of sp³-hybridized carbons (Fsp3) is 0.500. The van der Waals surface area contributed by atoms with Crippen LogP contribution in [0.4, 0.5) is 0 Å². The van der Waals surface area contributed by atoms with Crippen molar-refractivity contribution in [3.8, 4) is 0 Å². The van der Waals surface area contributed by atoms with Crippen molar-refractivity contribution in [2.75, 3.05) is 0 Å². The Bertz CT molecular complexity index is 143. The molecule has 5 heteroatoms. The Labute approximate surface area is 55.7 Å². The minimum atomic E-state index is -0.458. The summed E-state index contributed by atoms with van der Waals surface area (Å²) in [5.74, 6) is 0. The Balaban J connectivity index is 2.48. The van der Waals surface area contributed by atoms with E-state index in [1.807, 2.05) is 0 Å². The summed E-state index contributed by atoms with van der Waals surface area (Å²) in [6, 6.07) is 0. The van der Waals surface area contributed by atoms with Crippen molar-refractivity contribution in [1.82, 2.24) is 0 Å². The van der Waals surface area contributed by atoms with Crippen LogP contribution in [0.5, 0.6) is 0 Å². The lowest BCUT2D eigenvalue weighted by Gasteiger charge is -1.91. The minimum Gasteiger partial charge on any atom is -0.300 e. The van der Waals surface area contributed by atoms with Crippen LogP contribution in [0.25, 0.3) is 0 Å². The van der Waals surface area contributed by atoms with E-state index in [9.17, 15) is 9.59 Å². The second kappa shape index (κ2) is 2.72. The van der Waals surface area contributed by atoms with Crippen LogP contribution in [-0.2, 0) is 9.59 Å². The van der Waals surface area contributed by atoms with Crippen molar-refractivity contribution in [2.24, 2.45) is 10.2 Å². The molecule has 48 valence electrons. The molecule has 0 N–H and O–H groups in total. The molecule has 9 heavy (non-hydrogen) atoms. The van der Waals surface area contributed by atoms with Gasteiger partial charge in [0.1, 0.15) is 0 Å². The molecule has 0 saturated heterocycles. The van der Waals surface area contributed by atoms with Gasteiger partial charge in [0.15, 0.2) is 23.3 Å². The molecule has 0 spiro atoms. The predicted octanol–water partition coefficient (Wildman–Crippen LogP) is 0.235. The Kier molecular flexibility index (Phi) is 1.94. The van der Waals surface area contributed by atoms with E-state index >= 15 is 0 Å². The van der Waals surface area contributed by atoms with Crippen molar-refractivity contribution in [2.45, 2.75) is 10.7 Å². The smallest absolute Gasteiger partial charge is 0.174 e. The lowest BCUT2D eigenvalue weighted by Crippen LogP contribution is -2.00. The van der Waals surface area contributed by atoms with Crippen LogP contribution in [0.3, 0.4) is 0 Å². The van der Waals surface area contributed by atoms with Crippen LogP contribution in [0, 0.1) is 0 Å². The molecule has 0 bridgehead atoms. The van der Waals surface area contributed by atoms with Crippen molar-refractivity contribution in [1.29, 1.82) is 0 Å². The first-order valence-electron chi connectivity index (χ1n) is 2.33. The summed E-state index contributed by atoms with van der Waals surface area (Å²) in [6.07, 6.45) is 1.33. The van der Waals surface area contributed by atoms with Crippen LogP contribution >= 0.6 is 11.8 Å². The molecule has 0 aromatic heterocycles. The third-order valence-electron chi connectivity index (χ3n) is 0.806. The number of hydrogen-bond acceptors (Lipinski definition) is 5. The number of thioether (sulfide) groups is 1. The molecular weight excluding hydrogens is 140 g/mol. The van der Waals surface area contributed by atoms with Crippen molar-refractivity contribution >= 4 is 24.3 Å². The normalized spacial score (nSPS) is 32.4. The number of hydrogen-bond donors (Lipinski definition) is 0. The molecule has 0 aromatic rings. The van der Waals surface area contributed by atoms with Crippen molar-refractivity contribution in [3.05, 3.63) is 0 Å². The molecule has 1 aliphatic heterocycles. The van der Waals surface area contributed by atoms with Gasteiger partial charge in [-0.15, -0.1) is 0 Å². The summed E-state index contributed by atoms with van der Waals surface area (Å²) >= 11 is 1.14. The fourth-order valence-electron chi connectivity index (χ4n) is 0.447. The maximum Gasteiger partial charge on any atom is 0.174 e. The van der Waals surface area contributed by atoms with Gasteiger partial charge < -0.3 is 0 Å². The van der Waals surface area contributed by atoms with E-state index < -0.39 is 10.7 Å². The topological polar surface area (TPSA) is 58.9 Å². The monoisotopic (exact) mass is 144 g/mol. The average Bonchev–Trinajstić information content (AvgIpc) is 2.34. The van der Waals surface area contributed by atoms with E-state index in [4.69, 9.17) is 0 Å². The molecule has 2 atom stereocenters. The molecule has 2 unspecified atom stereocenters. The van der Waals surface area contributed by atoms with Crippen molar-refractivity contribution in [3.63, 3.8) is 0 Å². The molecular formula is C4H4N2O2S. The first-order chi connectivity index (χ1) is 4.36. The van der Waals surface area contributed by atoms with Gasteiger partial charge >= 0.3 is 0 Å². The quantitative estimate of drug-likeness (QED) is 0.521. The number of carbonyl (C=O) groups is 2. The van der Waals surface area contributed by atoms with Crippen LogP contribution in [0.15, 0.2) is 10.2 Å². The third-order valence-corrected chi connectivity index (χ3v) is 1.77. The number of nitrogens with zero attached hydrogens (tertiary/aromatic N) is 2. The lowest BCUT2D eigenvalue weighted by molar-refractivity contribution is -0.108. The first-order valence-corrected chi connectivity index (χ1v) is 3.27. The molecule has 4 nitrogen and oxygen atoms in total. The lowest BCUT2D eigenvalue weighted by atomic mass is 10.8. The highest BCUT2D eigenvalue weighted by atomic mass is 32.2. The van der Waals surface area contributed by atoms with Crippen LogP contribution in [0.1, 0.15) is 0 Å². The van der Waals surface area contributed by atoms with Gasteiger partial charge in [-0.05, 0) is 0 Å². The van der Waals surface area contributed by atoms with E-state index in [0.29, 0.717) is 12.6 Å². The van der Waals surface area contributed by atoms with E-state index in [1.165, 1.54) is 0 Å². The van der Waals surface area contributed by atoms with Gasteiger partial charge in [-0.1, -0.05) is 11.8 Å². The number of azo groups is 1. The number of rotatable bonds is 2. The Morgan fingerprint density at radius 3 is 1.78 bits per heavy atom. The second-order valence-electron chi connectivity index (χ2n) is 1.42. The molecule has 0 aromatic carbocycles. The molecule has 0 aliphatic carbocycles. The summed E-state index contributed by atoms with van der Waals surface area (Å²) in [4.78, 5) is 20.0. The zero-order valence-electron chi connectivity index (χ0n) is 4.43. The minimum absolute atomic E-state index is 0.458. The van der Waals surface area contributed by atoms with Gasteiger partial charge in [0.25, 0.3) is 0 Å². The zero-order valence-corrected chi connectivity index (χ0v) is 5.25. The molecule has 0 fully saturated rings. The van der Waals surface area contributed by atoms with Crippen molar-refractivity contribution < 1.29 is 9.59 Å². The maximum atomic E-state index is 9.98. The Morgan fingerprint density at radius 1 is 1.11 bits per heavy atom. The number of carbonyl (C=O) groups excluding carboxylic acids is 2. The first kappa shape index (κ1) is 6.41. The molecule has 0 saturated carbocycles. The van der Waals surface area contributed by atoms with E-state index in [1.54, 1.807) is 0 Å². The van der Waals surface area contributed by atoms with Gasteiger partial charge in [-0.25, -0.2) is 0 Å². The summed E-state index contributed by atoms with van der Waals surface area (Å²) in [7, 11) is 0. The summed E-state index contributed by atoms with van der Waals surface area (Å²) in [6.45, 7) is 0. The third kappa shape index (κ3) is 1.35. The highest BCUT2D eigenvalue weighted by molar-refractivity contribution is 8.01. The zero-order chi connectivity index (χ0) is 6.69. The molecule has 1 heterocycles. The van der Waals surface area contributed by atoms with Crippen LogP contribution in [0.2, 0.25) is 0 Å². The average molecular weight is 144 g/mol. The fourth-order valence-corrected chi connectivity index (χ4v) is 1.08. The van der Waals surface area contributed by atoms with Gasteiger partial charge in [0.05, 0.1) is 0 Å². The van der Waals surface area contributed by atoms with Gasteiger partial charge in [-0.2, -0.15) is 10.2 Å². The summed E-state index contributed by atoms with van der Waals surface area (Å²) in [5.41, 5.74) is 0. The standard InChI is InChI=1S/C4H4N2O2S/c7-1-3-5-6-4(2-8)9-3/h1-4H.